The van der Waals surface area contributed by atoms with Gasteiger partial charge in [0.25, 0.3) is 0 Å². The van der Waals surface area contributed by atoms with Crippen LogP contribution < -0.4 is 0 Å². The van der Waals surface area contributed by atoms with E-state index in [2.05, 4.69) is 4.98 Å². The molecule has 1 aromatic heterocycles. The first kappa shape index (κ1) is 7.21. The Morgan fingerprint density at radius 2 is 2.30 bits per heavy atom. The van der Waals surface area contributed by atoms with Crippen LogP contribution in [0.4, 0.5) is 0 Å². The van der Waals surface area contributed by atoms with E-state index in [1.807, 2.05) is 25.2 Å². The summed E-state index contributed by atoms with van der Waals surface area (Å²) >= 11 is 5.05. The van der Waals surface area contributed by atoms with Crippen molar-refractivity contribution in [1.29, 1.82) is 0 Å². The summed E-state index contributed by atoms with van der Waals surface area (Å²) in [6.45, 7) is 0. The fraction of sp³-hybridized carbons (Fsp3) is 0.333. The molecule has 54 valence electrons. The molecule has 0 N–H and O–H groups in total. The van der Waals surface area contributed by atoms with Crippen molar-refractivity contribution in [2.45, 2.75) is 0 Å². The van der Waals surface area contributed by atoms with Crippen molar-refractivity contribution in [3.63, 3.8) is 0 Å². The van der Waals surface area contributed by atoms with Gasteiger partial charge in [-0.2, -0.15) is 0 Å². The van der Waals surface area contributed by atoms with Gasteiger partial charge in [-0.15, -0.1) is 0 Å². The number of hydrogen-bond donors (Lipinski definition) is 0. The fourth-order valence-electron chi connectivity index (χ4n) is 0.603. The van der Waals surface area contributed by atoms with Gasteiger partial charge in [0.2, 0.25) is 0 Å². The summed E-state index contributed by atoms with van der Waals surface area (Å²) in [6.07, 6.45) is 5.21. The molecule has 0 radical (unpaired) electrons. The highest BCUT2D eigenvalue weighted by Crippen LogP contribution is 1.89. The SMILES string of the molecule is CN(C)C(=S)n1ccnc1. The minimum Gasteiger partial charge on any atom is -0.355 e. The molecule has 0 aromatic carbocycles. The highest BCUT2D eigenvalue weighted by atomic mass is 32.1. The van der Waals surface area contributed by atoms with E-state index in [0.29, 0.717) is 0 Å². The quantitative estimate of drug-likeness (QED) is 0.511. The second-order valence-electron chi connectivity index (χ2n) is 2.15. The van der Waals surface area contributed by atoms with Gasteiger partial charge in [0, 0.05) is 26.5 Å². The van der Waals surface area contributed by atoms with Crippen LogP contribution in [0.1, 0.15) is 0 Å². The average Bonchev–Trinajstić information content (AvgIpc) is 2.36. The molecule has 1 heterocycles. The summed E-state index contributed by atoms with van der Waals surface area (Å²) in [5.41, 5.74) is 0. The van der Waals surface area contributed by atoms with Crippen LogP contribution in [-0.4, -0.2) is 33.7 Å². The maximum absolute atomic E-state index is 5.05. The van der Waals surface area contributed by atoms with Crippen molar-refractivity contribution in [1.82, 2.24) is 14.5 Å². The highest BCUT2D eigenvalue weighted by Gasteiger charge is 1.98. The molecule has 0 amide bonds. The molecular formula is C6H9N3S. The summed E-state index contributed by atoms with van der Waals surface area (Å²) in [4.78, 5) is 5.73. The lowest BCUT2D eigenvalue weighted by molar-refractivity contribution is 0.611. The third-order valence-electron chi connectivity index (χ3n) is 1.11. The molecule has 0 aliphatic carbocycles. The molecule has 0 spiro atoms. The van der Waals surface area contributed by atoms with Gasteiger partial charge in [-0.05, 0) is 12.2 Å². The van der Waals surface area contributed by atoms with E-state index < -0.39 is 0 Å². The van der Waals surface area contributed by atoms with E-state index in [9.17, 15) is 0 Å². The van der Waals surface area contributed by atoms with E-state index in [-0.39, 0.29) is 0 Å². The number of aromatic nitrogens is 2. The van der Waals surface area contributed by atoms with Crippen molar-refractivity contribution in [3.05, 3.63) is 18.7 Å². The Morgan fingerprint density at radius 1 is 1.60 bits per heavy atom. The minimum atomic E-state index is 0.748. The van der Waals surface area contributed by atoms with E-state index >= 15 is 0 Å². The van der Waals surface area contributed by atoms with Crippen molar-refractivity contribution >= 4 is 17.3 Å². The molecule has 0 aliphatic heterocycles. The largest absolute Gasteiger partial charge is 0.355 e. The zero-order valence-corrected chi connectivity index (χ0v) is 6.80. The molecule has 0 bridgehead atoms. The fourth-order valence-corrected chi connectivity index (χ4v) is 0.711. The first-order valence-corrected chi connectivity index (χ1v) is 3.32. The van der Waals surface area contributed by atoms with E-state index in [1.54, 1.807) is 17.1 Å². The van der Waals surface area contributed by atoms with Gasteiger partial charge >= 0.3 is 0 Å². The van der Waals surface area contributed by atoms with Gasteiger partial charge in [0.05, 0.1) is 0 Å². The molecule has 0 fully saturated rings. The van der Waals surface area contributed by atoms with Crippen LogP contribution >= 0.6 is 12.2 Å². The van der Waals surface area contributed by atoms with Gasteiger partial charge in [0.15, 0.2) is 5.11 Å². The van der Waals surface area contributed by atoms with E-state index in [1.165, 1.54) is 0 Å². The van der Waals surface area contributed by atoms with Gasteiger partial charge < -0.3 is 4.90 Å². The number of nitrogens with zero attached hydrogens (tertiary/aromatic N) is 3. The maximum Gasteiger partial charge on any atom is 0.180 e. The molecular weight excluding hydrogens is 146 g/mol. The molecule has 0 unspecified atom stereocenters. The van der Waals surface area contributed by atoms with Crippen molar-refractivity contribution < 1.29 is 0 Å². The van der Waals surface area contributed by atoms with Gasteiger partial charge in [-0.25, -0.2) is 4.98 Å². The Morgan fingerprint density at radius 3 is 2.70 bits per heavy atom. The van der Waals surface area contributed by atoms with Crippen molar-refractivity contribution in [3.8, 4) is 0 Å². The standard InChI is InChI=1S/C6H9N3S/c1-8(2)6(10)9-4-3-7-5-9/h3-5H,1-2H3. The van der Waals surface area contributed by atoms with Crippen LogP contribution in [0.15, 0.2) is 18.7 Å². The van der Waals surface area contributed by atoms with Crippen LogP contribution in [0, 0.1) is 0 Å². The van der Waals surface area contributed by atoms with E-state index in [0.717, 1.165) is 5.11 Å². The molecule has 1 rings (SSSR count). The van der Waals surface area contributed by atoms with Crippen LogP contribution in [0.5, 0.6) is 0 Å². The Labute approximate surface area is 65.3 Å². The van der Waals surface area contributed by atoms with Crippen molar-refractivity contribution in [2.75, 3.05) is 14.1 Å². The Balaban J connectivity index is 2.78. The van der Waals surface area contributed by atoms with Gasteiger partial charge in [-0.1, -0.05) is 0 Å². The van der Waals surface area contributed by atoms with Crippen LogP contribution in [-0.2, 0) is 0 Å². The number of hydrogen-bond acceptors (Lipinski definition) is 2. The van der Waals surface area contributed by atoms with Crippen LogP contribution in [0.3, 0.4) is 0 Å². The summed E-state index contributed by atoms with van der Waals surface area (Å²) in [5, 5.41) is 0.748. The predicted octanol–water partition coefficient (Wildman–Crippen LogP) is 0.578. The Hall–Kier alpha value is -0.900. The average molecular weight is 155 g/mol. The third-order valence-corrected chi connectivity index (χ3v) is 1.68. The molecule has 1 aromatic rings. The normalized spacial score (nSPS) is 9.40. The summed E-state index contributed by atoms with van der Waals surface area (Å²) < 4.78 is 1.79. The second kappa shape index (κ2) is 2.79. The molecule has 0 saturated carbocycles. The zero-order valence-electron chi connectivity index (χ0n) is 5.98. The lowest BCUT2D eigenvalue weighted by Gasteiger charge is -2.12. The maximum atomic E-state index is 5.05. The topological polar surface area (TPSA) is 21.1 Å². The van der Waals surface area contributed by atoms with E-state index in [4.69, 9.17) is 12.2 Å². The molecule has 0 atom stereocenters. The monoisotopic (exact) mass is 155 g/mol. The lowest BCUT2D eigenvalue weighted by atomic mass is 10.8. The first-order chi connectivity index (χ1) is 4.72. The lowest BCUT2D eigenvalue weighted by Crippen LogP contribution is -2.25. The summed E-state index contributed by atoms with van der Waals surface area (Å²) in [7, 11) is 3.81. The summed E-state index contributed by atoms with van der Waals surface area (Å²) in [5.74, 6) is 0. The smallest absolute Gasteiger partial charge is 0.180 e. The third kappa shape index (κ3) is 1.33. The first-order valence-electron chi connectivity index (χ1n) is 2.91. The molecule has 3 nitrogen and oxygen atoms in total. The number of imidazole rings is 1. The van der Waals surface area contributed by atoms with Crippen LogP contribution in [0.25, 0.3) is 0 Å². The van der Waals surface area contributed by atoms with Crippen LogP contribution in [0.2, 0.25) is 0 Å². The number of rotatable bonds is 0. The molecule has 0 aliphatic rings. The second-order valence-corrected chi connectivity index (χ2v) is 2.51. The zero-order chi connectivity index (χ0) is 7.56. The predicted molar refractivity (Wildman–Crippen MR) is 43.9 cm³/mol. The minimum absolute atomic E-state index is 0.748. The Kier molecular flexibility index (Phi) is 2.01. The highest BCUT2D eigenvalue weighted by molar-refractivity contribution is 7.80. The number of thiocarbonyl (C=S) groups is 1. The molecule has 10 heavy (non-hydrogen) atoms. The summed E-state index contributed by atoms with van der Waals surface area (Å²) in [6, 6.07) is 0. The van der Waals surface area contributed by atoms with Gasteiger partial charge in [-0.3, -0.25) is 4.57 Å². The van der Waals surface area contributed by atoms with Gasteiger partial charge in [0.1, 0.15) is 6.33 Å². The molecule has 4 heteroatoms. The van der Waals surface area contributed by atoms with Crippen molar-refractivity contribution in [2.24, 2.45) is 0 Å². The Bertz CT molecular complexity index is 215. The molecule has 0 saturated heterocycles.